The van der Waals surface area contributed by atoms with E-state index in [2.05, 4.69) is 81.4 Å². The van der Waals surface area contributed by atoms with Crippen LogP contribution >= 0.6 is 0 Å². The van der Waals surface area contributed by atoms with Gasteiger partial charge in [-0.05, 0) is 40.6 Å². The summed E-state index contributed by atoms with van der Waals surface area (Å²) >= 11 is 0. The van der Waals surface area contributed by atoms with E-state index >= 15 is 0 Å². The van der Waals surface area contributed by atoms with E-state index in [4.69, 9.17) is 4.43 Å². The van der Waals surface area contributed by atoms with Gasteiger partial charge in [0.2, 0.25) is 0 Å². The van der Waals surface area contributed by atoms with Crippen molar-refractivity contribution in [2.24, 2.45) is 5.92 Å². The predicted octanol–water partition coefficient (Wildman–Crippen LogP) is 3.08. The van der Waals surface area contributed by atoms with E-state index in [1.807, 2.05) is 0 Å². The second kappa shape index (κ2) is 8.27. The summed E-state index contributed by atoms with van der Waals surface area (Å²) in [7, 11) is -2.52. The average Bonchev–Trinajstić information content (AvgIpc) is 2.66. The van der Waals surface area contributed by atoms with Gasteiger partial charge in [-0.3, -0.25) is 0 Å². The minimum atomic E-state index is -2.52. The molecule has 1 aliphatic carbocycles. The minimum Gasteiger partial charge on any atom is -0.407 e. The van der Waals surface area contributed by atoms with Crippen molar-refractivity contribution in [2.45, 2.75) is 57.3 Å². The molecule has 2 unspecified atom stereocenters. The van der Waals surface area contributed by atoms with Crippen molar-refractivity contribution in [3.8, 4) is 0 Å². The van der Waals surface area contributed by atoms with Crippen molar-refractivity contribution < 1.29 is 14.6 Å². The molecule has 3 rings (SSSR count). The molecule has 0 aliphatic heterocycles. The van der Waals surface area contributed by atoms with Crippen LogP contribution < -0.4 is 10.4 Å². The van der Waals surface area contributed by atoms with Crippen LogP contribution in [0.3, 0.4) is 0 Å². The summed E-state index contributed by atoms with van der Waals surface area (Å²) < 4.78 is 6.94. The van der Waals surface area contributed by atoms with Crippen LogP contribution in [0.1, 0.15) is 40.0 Å². The number of hydrogen-bond acceptors (Lipinski definition) is 3. The number of rotatable bonds is 5. The molecular weight excluding hydrogens is 352 g/mol. The first-order valence-corrected chi connectivity index (χ1v) is 11.9. The van der Waals surface area contributed by atoms with Crippen molar-refractivity contribution >= 4 is 18.7 Å². The summed E-state index contributed by atoms with van der Waals surface area (Å²) in [6, 6.07) is 21.3. The fraction of sp³-hybridized carbons (Fsp3) is 0.478. The van der Waals surface area contributed by atoms with Gasteiger partial charge in [-0.15, -0.1) is 0 Å². The molecule has 1 saturated carbocycles. The van der Waals surface area contributed by atoms with Gasteiger partial charge in [0, 0.05) is 6.61 Å². The summed E-state index contributed by atoms with van der Waals surface area (Å²) in [4.78, 5) is 0. The lowest BCUT2D eigenvalue weighted by Crippen LogP contribution is -2.67. The molecule has 3 nitrogen and oxygen atoms in total. The second-order valence-electron chi connectivity index (χ2n) is 8.79. The third kappa shape index (κ3) is 4.19. The molecule has 1 aliphatic rings. The molecule has 0 amide bonds. The Bertz CT molecular complexity index is 672. The molecule has 2 N–H and O–H groups in total. The second-order valence-corrected chi connectivity index (χ2v) is 13.1. The zero-order valence-corrected chi connectivity index (χ0v) is 17.6. The molecule has 0 bridgehead atoms. The molecule has 0 heterocycles. The van der Waals surface area contributed by atoms with Crippen molar-refractivity contribution in [3.05, 3.63) is 60.7 Å². The van der Waals surface area contributed by atoms with Crippen molar-refractivity contribution in [1.82, 2.24) is 0 Å². The number of hydrogen-bond donors (Lipinski definition) is 2. The first-order valence-electron chi connectivity index (χ1n) is 9.96. The molecular formula is C23H32O3Si. The summed E-state index contributed by atoms with van der Waals surface area (Å²) in [5.41, 5.74) is 0. The Morgan fingerprint density at radius 1 is 0.852 bits per heavy atom. The third-order valence-electron chi connectivity index (χ3n) is 5.84. The summed E-state index contributed by atoms with van der Waals surface area (Å²) in [6.45, 7) is 7.45. The normalized spacial score (nSPS) is 24.0. The van der Waals surface area contributed by atoms with Gasteiger partial charge in [-0.1, -0.05) is 81.4 Å². The fourth-order valence-electron chi connectivity index (χ4n) is 4.37. The molecule has 0 aromatic heterocycles. The van der Waals surface area contributed by atoms with Crippen LogP contribution in [0.4, 0.5) is 0 Å². The van der Waals surface area contributed by atoms with Crippen molar-refractivity contribution in [3.63, 3.8) is 0 Å². The van der Waals surface area contributed by atoms with Gasteiger partial charge in [-0.2, -0.15) is 0 Å². The third-order valence-corrected chi connectivity index (χ3v) is 10.8. The molecule has 3 atom stereocenters. The van der Waals surface area contributed by atoms with Gasteiger partial charge >= 0.3 is 0 Å². The maximum Gasteiger partial charge on any atom is 0.261 e. The van der Waals surface area contributed by atoms with Crippen LogP contribution in [0.5, 0.6) is 0 Å². The predicted molar refractivity (Wildman–Crippen MR) is 113 cm³/mol. The lowest BCUT2D eigenvalue weighted by atomic mass is 9.86. The van der Waals surface area contributed by atoms with Gasteiger partial charge in [0.15, 0.2) is 0 Å². The summed E-state index contributed by atoms with van der Waals surface area (Å²) in [6.07, 6.45) is 0.937. The molecule has 2 aromatic rings. The Morgan fingerprint density at radius 3 is 1.81 bits per heavy atom. The first kappa shape index (κ1) is 20.3. The van der Waals surface area contributed by atoms with E-state index in [-0.39, 0.29) is 11.0 Å². The minimum absolute atomic E-state index is 0.0392. The Labute approximate surface area is 164 Å². The quantitative estimate of drug-likeness (QED) is 0.779. The van der Waals surface area contributed by atoms with Gasteiger partial charge in [0.25, 0.3) is 8.32 Å². The summed E-state index contributed by atoms with van der Waals surface area (Å²) in [5, 5.41) is 22.4. The number of aliphatic hydroxyl groups excluding tert-OH is 2. The van der Waals surface area contributed by atoms with E-state index in [0.29, 0.717) is 19.4 Å². The largest absolute Gasteiger partial charge is 0.407 e. The van der Waals surface area contributed by atoms with Crippen LogP contribution in [0, 0.1) is 5.92 Å². The van der Waals surface area contributed by atoms with Gasteiger partial charge < -0.3 is 14.6 Å². The Kier molecular flexibility index (Phi) is 6.21. The van der Waals surface area contributed by atoms with E-state index in [9.17, 15) is 10.2 Å². The van der Waals surface area contributed by atoms with Crippen LogP contribution in [-0.2, 0) is 4.43 Å². The lowest BCUT2D eigenvalue weighted by molar-refractivity contribution is -0.0322. The standard InChI is InChI=1S/C23H32O3Si/c1-23(2,3)27(19-10-6-4-7-11-19,20-12-8-5-9-13-20)26-17-18-14-15-21(24)22(25)16-18/h4-13,18,21-22,24-25H,14-17H2,1-3H3/t18?,21?,22-/m0/s1. The van der Waals surface area contributed by atoms with Gasteiger partial charge in [0.05, 0.1) is 12.2 Å². The zero-order chi connectivity index (χ0) is 19.5. The van der Waals surface area contributed by atoms with E-state index in [1.165, 1.54) is 10.4 Å². The topological polar surface area (TPSA) is 49.7 Å². The maximum absolute atomic E-state index is 10.1. The van der Waals surface area contributed by atoms with Crippen molar-refractivity contribution in [1.29, 1.82) is 0 Å². The number of aliphatic hydroxyl groups is 2. The van der Waals surface area contributed by atoms with Gasteiger partial charge in [-0.25, -0.2) is 0 Å². The van der Waals surface area contributed by atoms with Crippen LogP contribution in [0.2, 0.25) is 5.04 Å². The van der Waals surface area contributed by atoms with E-state index < -0.39 is 20.5 Å². The zero-order valence-electron chi connectivity index (χ0n) is 16.6. The molecule has 0 radical (unpaired) electrons. The highest BCUT2D eigenvalue weighted by molar-refractivity contribution is 6.99. The maximum atomic E-state index is 10.1. The first-order chi connectivity index (χ1) is 12.8. The molecule has 0 saturated heterocycles. The van der Waals surface area contributed by atoms with Crippen LogP contribution in [0.25, 0.3) is 0 Å². The lowest BCUT2D eigenvalue weighted by Gasteiger charge is -2.44. The average molecular weight is 385 g/mol. The highest BCUT2D eigenvalue weighted by Crippen LogP contribution is 2.38. The fourth-order valence-corrected chi connectivity index (χ4v) is 9.01. The van der Waals surface area contributed by atoms with Crippen LogP contribution in [0.15, 0.2) is 60.7 Å². The van der Waals surface area contributed by atoms with Crippen LogP contribution in [-0.4, -0.2) is 37.3 Å². The Hall–Kier alpha value is -1.46. The van der Waals surface area contributed by atoms with E-state index in [1.54, 1.807) is 0 Å². The molecule has 4 heteroatoms. The molecule has 0 spiro atoms. The summed E-state index contributed by atoms with van der Waals surface area (Å²) in [5.74, 6) is 0.282. The van der Waals surface area contributed by atoms with Crippen molar-refractivity contribution in [2.75, 3.05) is 6.61 Å². The van der Waals surface area contributed by atoms with E-state index in [0.717, 1.165) is 6.42 Å². The molecule has 2 aromatic carbocycles. The van der Waals surface area contributed by atoms with Gasteiger partial charge in [0.1, 0.15) is 0 Å². The SMILES string of the molecule is CC(C)(C)[Si](OCC1CCC(O)[C@@H](O)C1)(c1ccccc1)c1ccccc1. The smallest absolute Gasteiger partial charge is 0.261 e. The monoisotopic (exact) mass is 384 g/mol. The molecule has 146 valence electrons. The Balaban J connectivity index is 1.97. The molecule has 1 fully saturated rings. The number of benzene rings is 2. The highest BCUT2D eigenvalue weighted by atomic mass is 28.4. The molecule has 27 heavy (non-hydrogen) atoms. The highest BCUT2D eigenvalue weighted by Gasteiger charge is 2.50. The Morgan fingerprint density at radius 2 is 1.37 bits per heavy atom.